The molecule has 0 saturated carbocycles. The summed E-state index contributed by atoms with van der Waals surface area (Å²) < 4.78 is 1.94. The van der Waals surface area contributed by atoms with Gasteiger partial charge in [-0.05, 0) is 51.1 Å². The second-order valence-corrected chi connectivity index (χ2v) is 6.25. The van der Waals surface area contributed by atoms with Crippen LogP contribution < -0.4 is 5.32 Å². The lowest BCUT2D eigenvalue weighted by atomic mass is 9.92. The van der Waals surface area contributed by atoms with Crippen molar-refractivity contribution in [3.63, 3.8) is 0 Å². The molecule has 0 amide bonds. The molecule has 19 heavy (non-hydrogen) atoms. The molecule has 0 aliphatic carbocycles. The molecule has 0 saturated heterocycles. The zero-order chi connectivity index (χ0) is 14.4. The van der Waals surface area contributed by atoms with Gasteiger partial charge >= 0.3 is 0 Å². The molecule has 1 atom stereocenters. The first-order valence-electron chi connectivity index (χ1n) is 7.34. The Balaban J connectivity index is 2.69. The number of hydrogen-bond acceptors (Lipinski definition) is 2. The van der Waals surface area contributed by atoms with E-state index in [4.69, 9.17) is 11.6 Å². The third-order valence-corrected chi connectivity index (χ3v) is 3.90. The summed E-state index contributed by atoms with van der Waals surface area (Å²) in [5.74, 6) is 1.33. The number of nitrogens with one attached hydrogen (secondary N) is 1. The fraction of sp³-hybridized carbons (Fsp3) is 0.800. The summed E-state index contributed by atoms with van der Waals surface area (Å²) in [6.07, 6.45) is 3.41. The average Bonchev–Trinajstić information content (AvgIpc) is 2.55. The highest BCUT2D eigenvalue weighted by Gasteiger charge is 2.17. The molecule has 0 radical (unpaired) electrons. The van der Waals surface area contributed by atoms with E-state index in [1.54, 1.807) is 0 Å². The molecule has 0 bridgehead atoms. The Labute approximate surface area is 122 Å². The smallest absolute Gasteiger partial charge is 0.0847 e. The highest BCUT2D eigenvalue weighted by atomic mass is 35.5. The van der Waals surface area contributed by atoms with Crippen LogP contribution in [-0.2, 0) is 13.5 Å². The maximum atomic E-state index is 6.35. The Morgan fingerprint density at radius 2 is 2.05 bits per heavy atom. The predicted molar refractivity (Wildman–Crippen MR) is 82.8 cm³/mol. The van der Waals surface area contributed by atoms with Crippen LogP contribution in [0, 0.1) is 18.8 Å². The molecule has 4 heteroatoms. The molecule has 1 unspecified atom stereocenters. The molecule has 1 aromatic heterocycles. The molecule has 110 valence electrons. The monoisotopic (exact) mass is 285 g/mol. The molecule has 1 N–H and O–H groups in total. The second-order valence-electron chi connectivity index (χ2n) is 5.87. The van der Waals surface area contributed by atoms with E-state index in [0.29, 0.717) is 11.8 Å². The van der Waals surface area contributed by atoms with E-state index in [0.717, 1.165) is 30.2 Å². The lowest BCUT2D eigenvalue weighted by molar-refractivity contribution is 0.378. The van der Waals surface area contributed by atoms with Crippen LogP contribution in [0.1, 0.15) is 45.0 Å². The van der Waals surface area contributed by atoms with E-state index in [1.807, 2.05) is 18.7 Å². The summed E-state index contributed by atoms with van der Waals surface area (Å²) in [5, 5.41) is 8.78. The number of nitrogens with zero attached hydrogens (tertiary/aromatic N) is 2. The van der Waals surface area contributed by atoms with Crippen LogP contribution in [0.5, 0.6) is 0 Å². The van der Waals surface area contributed by atoms with Gasteiger partial charge < -0.3 is 5.32 Å². The molecular formula is C15H28ClN3. The lowest BCUT2D eigenvalue weighted by Crippen LogP contribution is -2.26. The van der Waals surface area contributed by atoms with Crippen LogP contribution in [-0.4, -0.2) is 22.9 Å². The minimum Gasteiger partial charge on any atom is -0.316 e. The normalized spacial score (nSPS) is 13.2. The molecule has 1 rings (SSSR count). The summed E-state index contributed by atoms with van der Waals surface area (Å²) in [6.45, 7) is 10.9. The van der Waals surface area contributed by atoms with Crippen molar-refractivity contribution >= 4 is 11.6 Å². The maximum Gasteiger partial charge on any atom is 0.0847 e. The summed E-state index contributed by atoms with van der Waals surface area (Å²) in [7, 11) is 1.99. The Bertz CT molecular complexity index is 385. The van der Waals surface area contributed by atoms with Gasteiger partial charge in [-0.25, -0.2) is 0 Å². The molecule has 3 nitrogen and oxygen atoms in total. The first-order valence-corrected chi connectivity index (χ1v) is 7.72. The largest absolute Gasteiger partial charge is 0.316 e. The Morgan fingerprint density at radius 1 is 1.37 bits per heavy atom. The van der Waals surface area contributed by atoms with E-state index in [9.17, 15) is 0 Å². The van der Waals surface area contributed by atoms with Crippen molar-refractivity contribution in [1.29, 1.82) is 0 Å². The van der Waals surface area contributed by atoms with E-state index in [1.165, 1.54) is 18.5 Å². The Hall–Kier alpha value is -0.540. The van der Waals surface area contributed by atoms with Crippen molar-refractivity contribution in [2.45, 2.75) is 47.0 Å². The summed E-state index contributed by atoms with van der Waals surface area (Å²) in [5.41, 5.74) is 2.10. The van der Waals surface area contributed by atoms with Gasteiger partial charge in [0, 0.05) is 7.05 Å². The van der Waals surface area contributed by atoms with Gasteiger partial charge in [-0.2, -0.15) is 5.10 Å². The van der Waals surface area contributed by atoms with Crippen LogP contribution in [0.2, 0.25) is 5.02 Å². The molecule has 0 fully saturated rings. The third-order valence-electron chi connectivity index (χ3n) is 3.41. The van der Waals surface area contributed by atoms with E-state index >= 15 is 0 Å². The van der Waals surface area contributed by atoms with Crippen molar-refractivity contribution in [1.82, 2.24) is 15.1 Å². The highest BCUT2D eigenvalue weighted by Crippen LogP contribution is 2.24. The molecular weight excluding hydrogens is 258 g/mol. The second kappa shape index (κ2) is 7.91. The molecule has 0 aliphatic rings. The number of aryl methyl sites for hydroxylation is 2. The van der Waals surface area contributed by atoms with Gasteiger partial charge in [-0.15, -0.1) is 0 Å². The maximum absolute atomic E-state index is 6.35. The topological polar surface area (TPSA) is 29.9 Å². The van der Waals surface area contributed by atoms with Crippen molar-refractivity contribution < 1.29 is 0 Å². The van der Waals surface area contributed by atoms with Gasteiger partial charge in [-0.3, -0.25) is 4.68 Å². The van der Waals surface area contributed by atoms with Gasteiger partial charge in [0.15, 0.2) is 0 Å². The summed E-state index contributed by atoms with van der Waals surface area (Å²) >= 11 is 6.35. The van der Waals surface area contributed by atoms with Crippen LogP contribution in [0.15, 0.2) is 0 Å². The molecule has 0 spiro atoms. The Kier molecular flexibility index (Phi) is 6.87. The van der Waals surface area contributed by atoms with Crippen LogP contribution in [0.25, 0.3) is 0 Å². The number of rotatable bonds is 8. The first-order chi connectivity index (χ1) is 8.95. The van der Waals surface area contributed by atoms with Crippen molar-refractivity contribution in [2.75, 3.05) is 13.1 Å². The van der Waals surface area contributed by atoms with Gasteiger partial charge in [0.2, 0.25) is 0 Å². The summed E-state index contributed by atoms with van der Waals surface area (Å²) in [6, 6.07) is 0. The third kappa shape index (κ3) is 5.15. The quantitative estimate of drug-likeness (QED) is 0.740. The lowest BCUT2D eigenvalue weighted by Gasteiger charge is -2.20. The molecule has 0 aromatic carbocycles. The molecule has 0 aliphatic heterocycles. The Morgan fingerprint density at radius 3 is 2.53 bits per heavy atom. The zero-order valence-electron chi connectivity index (χ0n) is 13.0. The van der Waals surface area contributed by atoms with E-state index in [-0.39, 0.29) is 0 Å². The number of aromatic nitrogens is 2. The van der Waals surface area contributed by atoms with Gasteiger partial charge in [0.05, 0.1) is 16.4 Å². The van der Waals surface area contributed by atoms with Gasteiger partial charge in [0.1, 0.15) is 0 Å². The van der Waals surface area contributed by atoms with Crippen molar-refractivity contribution in [2.24, 2.45) is 18.9 Å². The number of hydrogen-bond donors (Lipinski definition) is 1. The van der Waals surface area contributed by atoms with Crippen molar-refractivity contribution in [3.05, 3.63) is 16.4 Å². The van der Waals surface area contributed by atoms with Crippen LogP contribution in [0.3, 0.4) is 0 Å². The fourth-order valence-electron chi connectivity index (χ4n) is 2.56. The fourth-order valence-corrected chi connectivity index (χ4v) is 2.80. The van der Waals surface area contributed by atoms with Crippen LogP contribution >= 0.6 is 11.6 Å². The van der Waals surface area contributed by atoms with Gasteiger partial charge in [0.25, 0.3) is 0 Å². The predicted octanol–water partition coefficient (Wildman–Crippen LogP) is 3.59. The van der Waals surface area contributed by atoms with E-state index in [2.05, 4.69) is 31.2 Å². The van der Waals surface area contributed by atoms with Gasteiger partial charge in [-0.1, -0.05) is 32.4 Å². The van der Waals surface area contributed by atoms with E-state index < -0.39 is 0 Å². The standard InChI is InChI=1S/C15H28ClN3/c1-6-7-17-10-13(8-11(2)3)9-14-15(16)12(4)18-19(14)5/h11,13,17H,6-10H2,1-5H3. The molecule has 1 heterocycles. The minimum atomic E-state index is 0.624. The average molecular weight is 286 g/mol. The van der Waals surface area contributed by atoms with Crippen LogP contribution in [0.4, 0.5) is 0 Å². The highest BCUT2D eigenvalue weighted by molar-refractivity contribution is 6.31. The first kappa shape index (κ1) is 16.5. The summed E-state index contributed by atoms with van der Waals surface area (Å²) in [4.78, 5) is 0. The number of halogens is 1. The molecule has 1 aromatic rings. The van der Waals surface area contributed by atoms with Crippen molar-refractivity contribution in [3.8, 4) is 0 Å². The zero-order valence-corrected chi connectivity index (χ0v) is 13.7. The SMILES string of the molecule is CCCNCC(Cc1c(Cl)c(C)nn1C)CC(C)C. The minimum absolute atomic E-state index is 0.624.